The molecule has 0 spiro atoms. The number of nitrogen functional groups attached to an aromatic ring is 1. The minimum Gasteiger partial charge on any atom is -0.389 e. The molecule has 0 radical (unpaired) electrons. The smallest absolute Gasteiger partial charge is 0.277 e. The second kappa shape index (κ2) is 8.19. The lowest BCUT2D eigenvalue weighted by atomic mass is 10.1. The average molecular weight is 451 g/mol. The van der Waals surface area contributed by atoms with Gasteiger partial charge >= 0.3 is 0 Å². The fraction of sp³-hybridized carbons (Fsp3) is 0.316. The Labute approximate surface area is 179 Å². The summed E-state index contributed by atoms with van der Waals surface area (Å²) < 4.78 is 43.7. The van der Waals surface area contributed by atoms with Crippen molar-refractivity contribution in [2.45, 2.75) is 18.6 Å². The van der Waals surface area contributed by atoms with Crippen molar-refractivity contribution in [1.82, 2.24) is 14.8 Å². The molecule has 4 rings (SSSR count). The van der Waals surface area contributed by atoms with Gasteiger partial charge in [-0.1, -0.05) is 17.4 Å². The Morgan fingerprint density at radius 1 is 1.29 bits per heavy atom. The van der Waals surface area contributed by atoms with Gasteiger partial charge in [-0.15, -0.1) is 0 Å². The van der Waals surface area contributed by atoms with Crippen molar-refractivity contribution in [3.8, 4) is 10.6 Å². The van der Waals surface area contributed by atoms with E-state index in [2.05, 4.69) is 15.4 Å². The molecule has 1 aliphatic rings. The Hall–Kier alpha value is -3.12. The zero-order valence-electron chi connectivity index (χ0n) is 16.5. The molecule has 0 bridgehead atoms. The van der Waals surface area contributed by atoms with Crippen molar-refractivity contribution in [2.75, 3.05) is 29.0 Å². The van der Waals surface area contributed by atoms with Crippen molar-refractivity contribution in [3.05, 3.63) is 41.7 Å². The van der Waals surface area contributed by atoms with Crippen LogP contribution in [0.3, 0.4) is 0 Å². The van der Waals surface area contributed by atoms with Crippen molar-refractivity contribution in [2.24, 2.45) is 12.8 Å². The normalized spacial score (nSPS) is 18.9. The summed E-state index contributed by atoms with van der Waals surface area (Å²) in [5, 5.41) is 6.75. The molecule has 1 aromatic carbocycles. The van der Waals surface area contributed by atoms with Crippen LogP contribution in [0.2, 0.25) is 0 Å². The molecule has 31 heavy (non-hydrogen) atoms. The van der Waals surface area contributed by atoms with Crippen LogP contribution in [0.1, 0.15) is 16.9 Å². The summed E-state index contributed by atoms with van der Waals surface area (Å²) >= 11 is 0.801. The second-order valence-corrected chi connectivity index (χ2v) is 8.32. The van der Waals surface area contributed by atoms with Crippen LogP contribution >= 0.6 is 11.3 Å². The Morgan fingerprint density at radius 2 is 2.00 bits per heavy atom. The summed E-state index contributed by atoms with van der Waals surface area (Å²) in [6.45, 7) is 0.518. The molecule has 1 amide bonds. The van der Waals surface area contributed by atoms with Gasteiger partial charge in [-0.2, -0.15) is 5.10 Å². The highest BCUT2D eigenvalue weighted by molar-refractivity contribution is 7.19. The zero-order chi connectivity index (χ0) is 22.3. The van der Waals surface area contributed by atoms with Crippen LogP contribution in [0.25, 0.3) is 10.6 Å². The third-order valence-corrected chi connectivity index (χ3v) is 5.83. The zero-order valence-corrected chi connectivity index (χ0v) is 17.3. The molecule has 12 heteroatoms. The number of carbonyl (C=O) groups is 1. The van der Waals surface area contributed by atoms with E-state index in [1.807, 2.05) is 0 Å². The van der Waals surface area contributed by atoms with Gasteiger partial charge < -0.3 is 21.7 Å². The van der Waals surface area contributed by atoms with E-state index in [0.29, 0.717) is 18.1 Å². The Morgan fingerprint density at radius 3 is 2.68 bits per heavy atom. The van der Waals surface area contributed by atoms with Crippen LogP contribution in [0.4, 0.5) is 29.7 Å². The quantitative estimate of drug-likeness (QED) is 0.562. The number of nitrogens with zero attached hydrogens (tertiary/aromatic N) is 4. The van der Waals surface area contributed by atoms with E-state index < -0.39 is 23.7 Å². The van der Waals surface area contributed by atoms with Crippen molar-refractivity contribution < 1.29 is 18.0 Å². The number of anilines is 3. The predicted molar refractivity (Wildman–Crippen MR) is 113 cm³/mol. The number of hydrogen-bond donors (Lipinski definition) is 3. The molecule has 1 fully saturated rings. The molecule has 3 aromatic rings. The Balaban J connectivity index is 1.61. The van der Waals surface area contributed by atoms with Crippen LogP contribution in [0.5, 0.6) is 0 Å². The standard InChI is InChI=1S/C19H20F3N7OS/c1-28-19(29-7-9(20)5-10(23)8-29)13(6-25-28)26-17(30)15-16(24)31-18(27-15)14-11(21)3-2-4-12(14)22/h2-4,6,9-10H,5,7-8,23-24H2,1H3,(H,26,30)/t9-,10+/m0/s1. The van der Waals surface area contributed by atoms with Crippen LogP contribution in [0.15, 0.2) is 24.4 Å². The number of piperidine rings is 1. The molecule has 3 heterocycles. The lowest BCUT2D eigenvalue weighted by Crippen LogP contribution is -2.48. The van der Waals surface area contributed by atoms with Gasteiger partial charge in [0.05, 0.1) is 18.3 Å². The highest BCUT2D eigenvalue weighted by atomic mass is 32.1. The molecule has 1 saturated heterocycles. The minimum atomic E-state index is -1.10. The summed E-state index contributed by atoms with van der Waals surface area (Å²) in [5.41, 5.74) is 11.6. The maximum absolute atomic E-state index is 14.1. The number of rotatable bonds is 4. The van der Waals surface area contributed by atoms with Gasteiger partial charge in [0.15, 0.2) is 11.5 Å². The van der Waals surface area contributed by atoms with Crippen LogP contribution in [-0.2, 0) is 7.05 Å². The predicted octanol–water partition coefficient (Wildman–Crippen LogP) is 2.53. The summed E-state index contributed by atoms with van der Waals surface area (Å²) in [5.74, 6) is -1.81. The van der Waals surface area contributed by atoms with Gasteiger partial charge in [0, 0.05) is 19.6 Å². The monoisotopic (exact) mass is 451 g/mol. The first-order chi connectivity index (χ1) is 14.7. The van der Waals surface area contributed by atoms with Crippen LogP contribution in [0, 0.1) is 11.6 Å². The van der Waals surface area contributed by atoms with E-state index in [-0.39, 0.29) is 40.3 Å². The Kier molecular flexibility index (Phi) is 5.58. The number of carbonyl (C=O) groups excluding carboxylic acids is 1. The fourth-order valence-electron chi connectivity index (χ4n) is 3.63. The molecule has 2 aromatic heterocycles. The van der Waals surface area contributed by atoms with Crippen LogP contribution in [-0.4, -0.2) is 46.0 Å². The van der Waals surface area contributed by atoms with E-state index in [1.54, 1.807) is 11.9 Å². The number of aromatic nitrogens is 3. The first-order valence-electron chi connectivity index (χ1n) is 9.43. The van der Waals surface area contributed by atoms with Crippen molar-refractivity contribution in [3.63, 3.8) is 0 Å². The molecule has 0 saturated carbocycles. The number of thiazole rings is 1. The fourth-order valence-corrected chi connectivity index (χ4v) is 4.50. The number of hydrogen-bond acceptors (Lipinski definition) is 7. The van der Waals surface area contributed by atoms with Gasteiger partial charge in [-0.25, -0.2) is 18.2 Å². The number of aryl methyl sites for hydroxylation is 1. The van der Waals surface area contributed by atoms with Crippen LogP contribution < -0.4 is 21.7 Å². The highest BCUT2D eigenvalue weighted by Crippen LogP contribution is 2.34. The first-order valence-corrected chi connectivity index (χ1v) is 10.2. The number of nitrogens with one attached hydrogen (secondary N) is 1. The third kappa shape index (κ3) is 4.08. The maximum Gasteiger partial charge on any atom is 0.277 e. The number of alkyl halides is 1. The molecular weight excluding hydrogens is 431 g/mol. The summed E-state index contributed by atoms with van der Waals surface area (Å²) in [4.78, 5) is 18.6. The summed E-state index contributed by atoms with van der Waals surface area (Å²) in [7, 11) is 1.66. The molecule has 1 aliphatic heterocycles. The number of amides is 1. The van der Waals surface area contributed by atoms with Gasteiger partial charge in [0.25, 0.3) is 5.91 Å². The summed E-state index contributed by atoms with van der Waals surface area (Å²) in [6, 6.07) is 3.07. The van der Waals surface area contributed by atoms with Crippen molar-refractivity contribution in [1.29, 1.82) is 0 Å². The van der Waals surface area contributed by atoms with Gasteiger partial charge in [-0.3, -0.25) is 9.48 Å². The molecule has 8 nitrogen and oxygen atoms in total. The van der Waals surface area contributed by atoms with E-state index >= 15 is 0 Å². The van der Waals surface area contributed by atoms with Gasteiger partial charge in [0.1, 0.15) is 33.5 Å². The maximum atomic E-state index is 14.1. The topological polar surface area (TPSA) is 115 Å². The molecule has 164 valence electrons. The van der Waals surface area contributed by atoms with Gasteiger partial charge in [-0.05, 0) is 18.6 Å². The highest BCUT2D eigenvalue weighted by Gasteiger charge is 2.29. The second-order valence-electron chi connectivity index (χ2n) is 7.29. The van der Waals surface area contributed by atoms with E-state index in [9.17, 15) is 18.0 Å². The number of benzene rings is 1. The number of nitrogens with two attached hydrogens (primary N) is 2. The largest absolute Gasteiger partial charge is 0.389 e. The van der Waals surface area contributed by atoms with E-state index in [4.69, 9.17) is 11.5 Å². The summed E-state index contributed by atoms with van der Waals surface area (Å²) in [6.07, 6.45) is 0.580. The third-order valence-electron chi connectivity index (χ3n) is 4.93. The lowest BCUT2D eigenvalue weighted by molar-refractivity contribution is 0.102. The molecule has 0 aliphatic carbocycles. The average Bonchev–Trinajstić information content (AvgIpc) is 3.23. The molecule has 2 atom stereocenters. The minimum absolute atomic E-state index is 0.00408. The number of halogens is 3. The molecule has 0 unspecified atom stereocenters. The van der Waals surface area contributed by atoms with E-state index in [0.717, 1.165) is 23.5 Å². The lowest BCUT2D eigenvalue weighted by Gasteiger charge is -2.34. The SMILES string of the molecule is Cn1ncc(NC(=O)c2nc(-c3c(F)cccc3F)sc2N)c1N1C[C@H](N)C[C@H](F)C1. The molecule has 5 N–H and O–H groups in total. The van der Waals surface area contributed by atoms with Gasteiger partial charge in [0.2, 0.25) is 0 Å². The van der Waals surface area contributed by atoms with Crippen molar-refractivity contribution >= 4 is 33.8 Å². The van der Waals surface area contributed by atoms with E-state index in [1.165, 1.54) is 16.9 Å². The first kappa shape index (κ1) is 21.1. The Bertz CT molecular complexity index is 1100. The molecular formula is C19H20F3N7OS.